The van der Waals surface area contributed by atoms with Gasteiger partial charge in [0.15, 0.2) is 23.1 Å². The van der Waals surface area contributed by atoms with Crippen molar-refractivity contribution < 1.29 is 28.7 Å². The lowest BCUT2D eigenvalue weighted by Gasteiger charge is -2.29. The van der Waals surface area contributed by atoms with Gasteiger partial charge < -0.3 is 9.47 Å². The minimum absolute atomic E-state index is 0.0342. The quantitative estimate of drug-likeness (QED) is 0.198. The summed E-state index contributed by atoms with van der Waals surface area (Å²) in [5.74, 6) is -1.52. The van der Waals surface area contributed by atoms with Gasteiger partial charge in [-0.1, -0.05) is 74.8 Å². The molecule has 202 valence electrons. The molecule has 0 atom stereocenters. The summed E-state index contributed by atoms with van der Waals surface area (Å²) >= 11 is 0. The zero-order chi connectivity index (χ0) is 27.7. The Balaban J connectivity index is 4.23. The monoisotopic (exact) mass is 502 g/mol. The maximum atomic E-state index is 14.2. The molecule has 0 bridgehead atoms. The molecule has 0 aromatic rings. The van der Waals surface area contributed by atoms with E-state index in [1.807, 2.05) is 0 Å². The molecular formula is C30H46O6. The summed E-state index contributed by atoms with van der Waals surface area (Å²) in [6.45, 7) is 19.2. The maximum absolute atomic E-state index is 14.2. The average molecular weight is 503 g/mol. The number of hydrogen-bond acceptors (Lipinski definition) is 6. The zero-order valence-corrected chi connectivity index (χ0v) is 24.0. The van der Waals surface area contributed by atoms with Crippen LogP contribution in [0.25, 0.3) is 0 Å². The van der Waals surface area contributed by atoms with E-state index in [-0.39, 0.29) is 53.3 Å². The lowest BCUT2D eigenvalue weighted by atomic mass is 9.79. The minimum atomic E-state index is -0.551. The minimum Gasteiger partial charge on any atom is -0.425 e. The third kappa shape index (κ3) is 8.56. The molecule has 0 aromatic carbocycles. The van der Waals surface area contributed by atoms with Crippen molar-refractivity contribution in [2.24, 2.45) is 23.7 Å². The van der Waals surface area contributed by atoms with Crippen LogP contribution in [0.5, 0.6) is 0 Å². The average Bonchev–Trinajstić information content (AvgIpc) is 2.76. The van der Waals surface area contributed by atoms with Crippen LogP contribution >= 0.6 is 0 Å². The number of rotatable bonds is 13. The van der Waals surface area contributed by atoms with E-state index < -0.39 is 17.9 Å². The summed E-state index contributed by atoms with van der Waals surface area (Å²) in [6.07, 6.45) is 2.43. The molecule has 0 aromatic heterocycles. The molecule has 0 saturated carbocycles. The van der Waals surface area contributed by atoms with Crippen LogP contribution in [-0.4, -0.2) is 23.5 Å². The molecule has 0 spiro atoms. The second kappa shape index (κ2) is 14.3. The van der Waals surface area contributed by atoms with E-state index >= 15 is 0 Å². The van der Waals surface area contributed by atoms with Crippen LogP contribution in [0.2, 0.25) is 0 Å². The standard InChI is InChI=1S/C30H46O6/c1-11-23(31)35-29-22(14-13-17(3)4)28(34)25(21(15-18(5)6)16-19(7)8)30(36-24(32)12-2)26(29)27(33)20(9)10/h17-20H,11-16H2,1-10H3. The van der Waals surface area contributed by atoms with Crippen LogP contribution in [0.4, 0.5) is 0 Å². The Hall–Kier alpha value is -2.50. The van der Waals surface area contributed by atoms with Gasteiger partial charge >= 0.3 is 11.9 Å². The Morgan fingerprint density at radius 3 is 1.58 bits per heavy atom. The third-order valence-electron chi connectivity index (χ3n) is 5.87. The fourth-order valence-corrected chi connectivity index (χ4v) is 4.09. The van der Waals surface area contributed by atoms with Crippen molar-refractivity contribution in [3.63, 3.8) is 0 Å². The van der Waals surface area contributed by atoms with Crippen LogP contribution in [0.1, 0.15) is 108 Å². The topological polar surface area (TPSA) is 86.7 Å². The molecule has 1 rings (SSSR count). The Bertz CT molecular complexity index is 928. The number of Topliss-reactive ketones (excluding diaryl/α,β-unsaturated/α-hetero) is 2. The largest absolute Gasteiger partial charge is 0.425 e. The van der Waals surface area contributed by atoms with Gasteiger partial charge in [-0.05, 0) is 43.4 Å². The number of carbonyl (C=O) groups is 4. The zero-order valence-electron chi connectivity index (χ0n) is 24.0. The highest BCUT2D eigenvalue weighted by Gasteiger charge is 2.41. The summed E-state index contributed by atoms with van der Waals surface area (Å²) in [6, 6.07) is 0. The van der Waals surface area contributed by atoms with Crippen molar-refractivity contribution in [1.82, 2.24) is 0 Å². The second-order valence-corrected chi connectivity index (χ2v) is 11.1. The van der Waals surface area contributed by atoms with Gasteiger partial charge in [0.1, 0.15) is 5.57 Å². The van der Waals surface area contributed by atoms with Gasteiger partial charge in [-0.25, -0.2) is 0 Å². The molecule has 6 nitrogen and oxygen atoms in total. The second-order valence-electron chi connectivity index (χ2n) is 11.1. The van der Waals surface area contributed by atoms with E-state index in [2.05, 4.69) is 41.5 Å². The van der Waals surface area contributed by atoms with Crippen LogP contribution in [0.15, 0.2) is 33.8 Å². The maximum Gasteiger partial charge on any atom is 0.310 e. The van der Waals surface area contributed by atoms with E-state index in [4.69, 9.17) is 9.47 Å². The summed E-state index contributed by atoms with van der Waals surface area (Å²) in [7, 11) is 0. The van der Waals surface area contributed by atoms with Crippen molar-refractivity contribution >= 4 is 23.5 Å². The first-order chi connectivity index (χ1) is 16.7. The van der Waals surface area contributed by atoms with E-state index in [9.17, 15) is 19.2 Å². The van der Waals surface area contributed by atoms with Gasteiger partial charge in [-0.2, -0.15) is 0 Å². The Morgan fingerprint density at radius 2 is 1.19 bits per heavy atom. The highest BCUT2D eigenvalue weighted by Crippen LogP contribution is 2.41. The number of hydrogen-bond donors (Lipinski definition) is 0. The van der Waals surface area contributed by atoms with Crippen molar-refractivity contribution in [3.05, 3.63) is 33.8 Å². The molecule has 1 aliphatic rings. The van der Waals surface area contributed by atoms with E-state index in [0.29, 0.717) is 42.7 Å². The predicted molar refractivity (Wildman–Crippen MR) is 142 cm³/mol. The van der Waals surface area contributed by atoms with Crippen molar-refractivity contribution in [2.45, 2.75) is 108 Å². The summed E-state index contributed by atoms with van der Waals surface area (Å²) < 4.78 is 11.5. The van der Waals surface area contributed by atoms with Gasteiger partial charge in [-0.3, -0.25) is 19.2 Å². The van der Waals surface area contributed by atoms with Gasteiger partial charge in [0.05, 0.1) is 5.57 Å². The van der Waals surface area contributed by atoms with Crippen molar-refractivity contribution in [1.29, 1.82) is 0 Å². The first kappa shape index (κ1) is 31.5. The van der Waals surface area contributed by atoms with E-state index in [1.165, 1.54) is 0 Å². The van der Waals surface area contributed by atoms with Crippen molar-refractivity contribution in [2.75, 3.05) is 0 Å². The number of ketones is 2. The first-order valence-corrected chi connectivity index (χ1v) is 13.4. The highest BCUT2D eigenvalue weighted by atomic mass is 16.6. The molecule has 36 heavy (non-hydrogen) atoms. The predicted octanol–water partition coefficient (Wildman–Crippen LogP) is 7.03. The highest BCUT2D eigenvalue weighted by molar-refractivity contribution is 6.18. The molecule has 0 saturated heterocycles. The number of carbonyl (C=O) groups excluding carboxylic acids is 4. The third-order valence-corrected chi connectivity index (χ3v) is 5.87. The lowest BCUT2D eigenvalue weighted by Crippen LogP contribution is -2.30. The van der Waals surface area contributed by atoms with Gasteiger partial charge in [0.2, 0.25) is 0 Å². The van der Waals surface area contributed by atoms with Crippen LogP contribution in [0.3, 0.4) is 0 Å². The number of esters is 2. The summed E-state index contributed by atoms with van der Waals surface area (Å²) in [5.41, 5.74) is 1.50. The molecule has 0 fully saturated rings. The smallest absolute Gasteiger partial charge is 0.310 e. The van der Waals surface area contributed by atoms with Crippen molar-refractivity contribution in [3.8, 4) is 0 Å². The fourth-order valence-electron chi connectivity index (χ4n) is 4.09. The van der Waals surface area contributed by atoms with Gasteiger partial charge in [-0.15, -0.1) is 0 Å². The molecule has 0 unspecified atom stereocenters. The number of ether oxygens (including phenoxy) is 2. The van der Waals surface area contributed by atoms with Gasteiger partial charge in [0, 0.05) is 24.3 Å². The molecule has 0 amide bonds. The fraction of sp³-hybridized carbons (Fsp3) is 0.667. The Morgan fingerprint density at radius 1 is 0.722 bits per heavy atom. The van der Waals surface area contributed by atoms with Gasteiger partial charge in [0.25, 0.3) is 0 Å². The molecule has 6 heteroatoms. The lowest BCUT2D eigenvalue weighted by molar-refractivity contribution is -0.139. The molecule has 0 aliphatic heterocycles. The van der Waals surface area contributed by atoms with Crippen LogP contribution in [-0.2, 0) is 28.7 Å². The molecule has 0 heterocycles. The molecule has 0 N–H and O–H groups in total. The molecule has 0 radical (unpaired) electrons. The first-order valence-electron chi connectivity index (χ1n) is 13.4. The Labute approximate surface area is 217 Å². The van der Waals surface area contributed by atoms with Crippen LogP contribution < -0.4 is 0 Å². The number of allylic oxidation sites excluding steroid dienone is 4. The molecular weight excluding hydrogens is 456 g/mol. The summed E-state index contributed by atoms with van der Waals surface area (Å²) in [4.78, 5) is 52.9. The summed E-state index contributed by atoms with van der Waals surface area (Å²) in [5, 5.41) is 0. The van der Waals surface area contributed by atoms with Crippen LogP contribution in [0, 0.1) is 23.7 Å². The SMILES string of the molecule is CCC(=O)OC1=C(CCC(C)C)C(=O)C(=C(CC(C)C)CC(C)C)C(OC(=O)CC)=C1C(=O)C(C)C. The molecule has 1 aliphatic carbocycles. The normalized spacial score (nSPS) is 14.5. The van der Waals surface area contributed by atoms with E-state index in [0.717, 1.165) is 5.57 Å². The van der Waals surface area contributed by atoms with E-state index in [1.54, 1.807) is 27.7 Å². The Kier molecular flexibility index (Phi) is 12.5.